The van der Waals surface area contributed by atoms with E-state index in [2.05, 4.69) is 10.3 Å². The molecule has 1 aromatic carbocycles. The van der Waals surface area contributed by atoms with Crippen LogP contribution in [0.15, 0.2) is 30.5 Å². The predicted molar refractivity (Wildman–Crippen MR) is 65.0 cm³/mol. The number of H-pyrrole nitrogens is 1. The number of nitrogens with zero attached hydrogens (tertiary/aromatic N) is 1. The van der Waals surface area contributed by atoms with E-state index in [1.807, 2.05) is 36.5 Å². The molecule has 0 aliphatic rings. The van der Waals surface area contributed by atoms with Crippen molar-refractivity contribution >= 4 is 16.8 Å². The molecule has 0 spiro atoms. The van der Waals surface area contributed by atoms with Gasteiger partial charge in [0.1, 0.15) is 0 Å². The number of carbonyl (C=O) groups excluding carboxylic acids is 1. The number of aromatic nitrogens is 1. The lowest BCUT2D eigenvalue weighted by molar-refractivity contribution is -0.121. The lowest BCUT2D eigenvalue weighted by Gasteiger charge is -2.02. The molecule has 0 bridgehead atoms. The van der Waals surface area contributed by atoms with Crippen molar-refractivity contribution in [2.45, 2.75) is 19.4 Å². The van der Waals surface area contributed by atoms with Crippen LogP contribution in [0.4, 0.5) is 0 Å². The molecule has 0 atom stereocenters. The Labute approximate surface area is 99.3 Å². The highest BCUT2D eigenvalue weighted by Gasteiger charge is 2.04. The maximum absolute atomic E-state index is 11.4. The quantitative estimate of drug-likeness (QED) is 0.839. The summed E-state index contributed by atoms with van der Waals surface area (Å²) < 4.78 is 0. The Balaban J connectivity index is 2.00. The van der Waals surface area contributed by atoms with Gasteiger partial charge in [0.15, 0.2) is 0 Å². The number of fused-ring (bicyclic) bond motifs is 1. The molecular weight excluding hydrogens is 214 g/mol. The van der Waals surface area contributed by atoms with E-state index >= 15 is 0 Å². The van der Waals surface area contributed by atoms with Gasteiger partial charge in [-0.2, -0.15) is 5.26 Å². The van der Waals surface area contributed by atoms with Gasteiger partial charge in [0.05, 0.1) is 6.07 Å². The van der Waals surface area contributed by atoms with Crippen LogP contribution in [0.5, 0.6) is 0 Å². The maximum atomic E-state index is 11.4. The number of rotatable bonds is 4. The van der Waals surface area contributed by atoms with Crippen LogP contribution in [0.2, 0.25) is 0 Å². The molecule has 1 heterocycles. The lowest BCUT2D eigenvalue weighted by Crippen LogP contribution is -2.21. The molecule has 0 unspecified atom stereocenters. The number of carbonyl (C=O) groups is 1. The van der Waals surface area contributed by atoms with Gasteiger partial charge in [-0.25, -0.2) is 0 Å². The van der Waals surface area contributed by atoms with Crippen LogP contribution in [0.25, 0.3) is 10.9 Å². The molecule has 0 aliphatic carbocycles. The van der Waals surface area contributed by atoms with Crippen molar-refractivity contribution in [1.29, 1.82) is 5.26 Å². The third kappa shape index (κ3) is 2.64. The number of aromatic amines is 1. The maximum Gasteiger partial charge on any atom is 0.221 e. The Morgan fingerprint density at radius 1 is 1.41 bits per heavy atom. The van der Waals surface area contributed by atoms with Crippen LogP contribution in [0.3, 0.4) is 0 Å². The molecule has 86 valence electrons. The number of hydrogen-bond donors (Lipinski definition) is 2. The minimum absolute atomic E-state index is 0.0863. The Morgan fingerprint density at radius 2 is 2.24 bits per heavy atom. The molecule has 0 radical (unpaired) electrons. The van der Waals surface area contributed by atoms with E-state index in [0.717, 1.165) is 16.5 Å². The topological polar surface area (TPSA) is 68.7 Å². The van der Waals surface area contributed by atoms with Gasteiger partial charge in [-0.1, -0.05) is 18.2 Å². The summed E-state index contributed by atoms with van der Waals surface area (Å²) in [6.07, 6.45) is 2.42. The van der Waals surface area contributed by atoms with Crippen molar-refractivity contribution in [3.05, 3.63) is 36.0 Å². The minimum Gasteiger partial charge on any atom is -0.361 e. The fourth-order valence-electron chi connectivity index (χ4n) is 1.73. The Morgan fingerprint density at radius 3 is 3.06 bits per heavy atom. The molecule has 0 aliphatic heterocycles. The van der Waals surface area contributed by atoms with E-state index in [-0.39, 0.29) is 18.7 Å². The van der Waals surface area contributed by atoms with E-state index in [0.29, 0.717) is 6.54 Å². The van der Waals surface area contributed by atoms with E-state index in [4.69, 9.17) is 5.26 Å². The molecule has 1 aromatic heterocycles. The van der Waals surface area contributed by atoms with Gasteiger partial charge in [-0.3, -0.25) is 4.79 Å². The highest BCUT2D eigenvalue weighted by molar-refractivity contribution is 5.83. The van der Waals surface area contributed by atoms with Crippen molar-refractivity contribution in [2.75, 3.05) is 0 Å². The van der Waals surface area contributed by atoms with Gasteiger partial charge in [-0.15, -0.1) is 0 Å². The largest absolute Gasteiger partial charge is 0.361 e. The van der Waals surface area contributed by atoms with Crippen LogP contribution in [-0.4, -0.2) is 10.9 Å². The molecule has 17 heavy (non-hydrogen) atoms. The number of para-hydroxylation sites is 1. The molecule has 2 aromatic rings. The third-order valence-corrected chi connectivity index (χ3v) is 2.61. The zero-order valence-corrected chi connectivity index (χ0v) is 9.36. The van der Waals surface area contributed by atoms with E-state index < -0.39 is 0 Å². The first-order chi connectivity index (χ1) is 8.31. The first-order valence-electron chi connectivity index (χ1n) is 5.50. The number of hydrogen-bond acceptors (Lipinski definition) is 2. The summed E-state index contributed by atoms with van der Waals surface area (Å²) in [5.74, 6) is -0.0863. The number of nitriles is 1. The van der Waals surface area contributed by atoms with Gasteiger partial charge in [-0.05, 0) is 11.6 Å². The SMILES string of the molecule is N#CCCC(=O)NCc1c[nH]c2ccccc12. The second-order valence-corrected chi connectivity index (χ2v) is 3.79. The molecule has 2 rings (SSSR count). The molecule has 1 amide bonds. The average Bonchev–Trinajstić information content (AvgIpc) is 2.77. The van der Waals surface area contributed by atoms with Crippen LogP contribution in [-0.2, 0) is 11.3 Å². The fourth-order valence-corrected chi connectivity index (χ4v) is 1.73. The van der Waals surface area contributed by atoms with Gasteiger partial charge >= 0.3 is 0 Å². The summed E-state index contributed by atoms with van der Waals surface area (Å²) in [4.78, 5) is 14.5. The smallest absolute Gasteiger partial charge is 0.221 e. The van der Waals surface area contributed by atoms with Crippen molar-refractivity contribution in [3.8, 4) is 6.07 Å². The first-order valence-corrected chi connectivity index (χ1v) is 5.50. The van der Waals surface area contributed by atoms with Gasteiger partial charge in [0, 0.05) is 36.5 Å². The van der Waals surface area contributed by atoms with Gasteiger partial charge in [0.2, 0.25) is 5.91 Å². The third-order valence-electron chi connectivity index (χ3n) is 2.61. The van der Waals surface area contributed by atoms with Crippen molar-refractivity contribution in [2.24, 2.45) is 0 Å². The normalized spacial score (nSPS) is 10.1. The number of nitrogens with one attached hydrogen (secondary N) is 2. The highest BCUT2D eigenvalue weighted by atomic mass is 16.1. The molecule has 0 fully saturated rings. The second-order valence-electron chi connectivity index (χ2n) is 3.79. The Bertz CT molecular complexity index is 565. The summed E-state index contributed by atoms with van der Waals surface area (Å²) in [5, 5.41) is 12.3. The standard InChI is InChI=1S/C13H13N3O/c14-7-3-6-13(17)16-9-10-8-15-12-5-2-1-4-11(10)12/h1-2,4-5,8,15H,3,6,9H2,(H,16,17). The van der Waals surface area contributed by atoms with Crippen LogP contribution < -0.4 is 5.32 Å². The Kier molecular flexibility index (Phi) is 3.41. The molecule has 4 nitrogen and oxygen atoms in total. The zero-order chi connectivity index (χ0) is 12.1. The average molecular weight is 227 g/mol. The van der Waals surface area contributed by atoms with Crippen LogP contribution in [0, 0.1) is 11.3 Å². The van der Waals surface area contributed by atoms with Crippen LogP contribution >= 0.6 is 0 Å². The second kappa shape index (κ2) is 5.17. The van der Waals surface area contributed by atoms with Gasteiger partial charge in [0.25, 0.3) is 0 Å². The highest BCUT2D eigenvalue weighted by Crippen LogP contribution is 2.17. The fraction of sp³-hybridized carbons (Fsp3) is 0.231. The summed E-state index contributed by atoms with van der Waals surface area (Å²) in [6, 6.07) is 9.90. The summed E-state index contributed by atoms with van der Waals surface area (Å²) in [5.41, 5.74) is 2.12. The summed E-state index contributed by atoms with van der Waals surface area (Å²) in [7, 11) is 0. The molecule has 2 N–H and O–H groups in total. The van der Waals surface area contributed by atoms with Crippen molar-refractivity contribution < 1.29 is 4.79 Å². The minimum atomic E-state index is -0.0863. The summed E-state index contributed by atoms with van der Waals surface area (Å²) >= 11 is 0. The van der Waals surface area contributed by atoms with E-state index in [9.17, 15) is 4.79 Å². The van der Waals surface area contributed by atoms with Crippen molar-refractivity contribution in [1.82, 2.24) is 10.3 Å². The van der Waals surface area contributed by atoms with Gasteiger partial charge < -0.3 is 10.3 Å². The van der Waals surface area contributed by atoms with E-state index in [1.165, 1.54) is 0 Å². The summed E-state index contributed by atoms with van der Waals surface area (Å²) in [6.45, 7) is 0.494. The van der Waals surface area contributed by atoms with Crippen molar-refractivity contribution in [3.63, 3.8) is 0 Å². The number of benzene rings is 1. The lowest BCUT2D eigenvalue weighted by atomic mass is 10.2. The predicted octanol–water partition coefficient (Wildman–Crippen LogP) is 2.09. The monoisotopic (exact) mass is 227 g/mol. The molecule has 0 saturated heterocycles. The number of amides is 1. The molecular formula is C13H13N3O. The zero-order valence-electron chi connectivity index (χ0n) is 9.36. The Hall–Kier alpha value is -2.28. The van der Waals surface area contributed by atoms with E-state index in [1.54, 1.807) is 0 Å². The molecule has 4 heteroatoms. The van der Waals surface area contributed by atoms with Crippen LogP contribution in [0.1, 0.15) is 18.4 Å². The molecule has 0 saturated carbocycles. The first kappa shape index (κ1) is 11.2.